The lowest BCUT2D eigenvalue weighted by Gasteiger charge is -2.09. The minimum atomic E-state index is -0.519. The number of amides is 1. The number of aromatic nitrogens is 2. The Morgan fingerprint density at radius 3 is 2.50 bits per heavy atom. The second-order valence-electron chi connectivity index (χ2n) is 7.17. The van der Waals surface area contributed by atoms with Gasteiger partial charge in [-0.05, 0) is 44.0 Å². The molecule has 0 bridgehead atoms. The van der Waals surface area contributed by atoms with Crippen molar-refractivity contribution in [2.45, 2.75) is 33.4 Å². The summed E-state index contributed by atoms with van der Waals surface area (Å²) in [6.07, 6.45) is 0.728. The first-order valence-corrected chi connectivity index (χ1v) is 10.6. The molecule has 0 aliphatic rings. The Kier molecular flexibility index (Phi) is 7.71. The second kappa shape index (κ2) is 10.5. The van der Waals surface area contributed by atoms with Gasteiger partial charge in [-0.25, -0.2) is 0 Å². The lowest BCUT2D eigenvalue weighted by Crippen LogP contribution is -2.25. The lowest BCUT2D eigenvalue weighted by atomic mass is 10.1. The molecular weight excluding hydrogens is 455 g/mol. The molecule has 10 heteroatoms. The van der Waals surface area contributed by atoms with E-state index in [1.807, 2.05) is 18.5 Å². The molecule has 2 aromatic carbocycles. The van der Waals surface area contributed by atoms with Crippen LogP contribution in [-0.4, -0.2) is 27.2 Å². The molecule has 32 heavy (non-hydrogen) atoms. The maximum absolute atomic E-state index is 12.3. The van der Waals surface area contributed by atoms with Gasteiger partial charge < -0.3 is 10.1 Å². The van der Waals surface area contributed by atoms with Crippen LogP contribution in [0.3, 0.4) is 0 Å². The van der Waals surface area contributed by atoms with E-state index in [9.17, 15) is 14.9 Å². The van der Waals surface area contributed by atoms with Gasteiger partial charge in [0, 0.05) is 30.8 Å². The van der Waals surface area contributed by atoms with Crippen LogP contribution in [0.2, 0.25) is 10.0 Å². The highest BCUT2D eigenvalue weighted by molar-refractivity contribution is 6.32. The number of aryl methyl sites for hydroxylation is 2. The van der Waals surface area contributed by atoms with Crippen LogP contribution in [0.15, 0.2) is 42.5 Å². The maximum Gasteiger partial charge on any atom is 0.271 e. The minimum absolute atomic E-state index is 0.101. The van der Waals surface area contributed by atoms with E-state index in [0.717, 1.165) is 23.4 Å². The first-order chi connectivity index (χ1) is 15.3. The zero-order valence-corrected chi connectivity index (χ0v) is 19.1. The number of rotatable bonds is 9. The number of non-ortho nitro benzene ring substituents is 1. The van der Waals surface area contributed by atoms with Crippen LogP contribution < -0.4 is 10.1 Å². The van der Waals surface area contributed by atoms with E-state index in [0.29, 0.717) is 29.4 Å². The van der Waals surface area contributed by atoms with Crippen molar-refractivity contribution >= 4 is 34.8 Å². The first-order valence-electron chi connectivity index (χ1n) is 9.89. The number of nitrogens with zero attached hydrogens (tertiary/aromatic N) is 3. The number of hydrogen-bond acceptors (Lipinski definition) is 5. The monoisotopic (exact) mass is 476 g/mol. The summed E-state index contributed by atoms with van der Waals surface area (Å²) in [6, 6.07) is 11.0. The fourth-order valence-electron chi connectivity index (χ4n) is 3.06. The lowest BCUT2D eigenvalue weighted by molar-refractivity contribution is -0.384. The smallest absolute Gasteiger partial charge is 0.271 e. The molecule has 0 aliphatic carbocycles. The molecular formula is C22H22Cl2N4O4. The number of hydrogen-bond donors (Lipinski definition) is 1. The van der Waals surface area contributed by atoms with Gasteiger partial charge in [-0.3, -0.25) is 19.6 Å². The van der Waals surface area contributed by atoms with Crippen molar-refractivity contribution in [2.24, 2.45) is 0 Å². The Morgan fingerprint density at radius 1 is 1.19 bits per heavy atom. The second-order valence-corrected chi connectivity index (χ2v) is 7.96. The van der Waals surface area contributed by atoms with Gasteiger partial charge >= 0.3 is 0 Å². The van der Waals surface area contributed by atoms with Crippen molar-refractivity contribution in [2.75, 3.05) is 6.54 Å². The summed E-state index contributed by atoms with van der Waals surface area (Å²) in [7, 11) is 0. The van der Waals surface area contributed by atoms with E-state index in [1.54, 1.807) is 24.3 Å². The number of nitro groups is 1. The van der Waals surface area contributed by atoms with E-state index < -0.39 is 4.92 Å². The zero-order chi connectivity index (χ0) is 23.3. The van der Waals surface area contributed by atoms with Crippen LogP contribution in [0.5, 0.6) is 5.75 Å². The summed E-state index contributed by atoms with van der Waals surface area (Å²) >= 11 is 12.2. The number of carbonyl (C=O) groups is 1. The Labute approximate surface area is 195 Å². The summed E-state index contributed by atoms with van der Waals surface area (Å²) in [5.41, 5.74) is 2.99. The highest BCUT2D eigenvalue weighted by atomic mass is 35.5. The van der Waals surface area contributed by atoms with Gasteiger partial charge in [0.1, 0.15) is 12.4 Å². The molecule has 1 amide bonds. The molecule has 8 nitrogen and oxygen atoms in total. The van der Waals surface area contributed by atoms with Crippen LogP contribution in [0.1, 0.15) is 33.7 Å². The number of carbonyl (C=O) groups excluding carboxylic acids is 1. The van der Waals surface area contributed by atoms with Crippen LogP contribution in [0, 0.1) is 24.0 Å². The van der Waals surface area contributed by atoms with E-state index in [4.69, 9.17) is 27.9 Å². The Balaban J connectivity index is 1.46. The molecule has 0 saturated heterocycles. The van der Waals surface area contributed by atoms with Gasteiger partial charge in [0.15, 0.2) is 0 Å². The van der Waals surface area contributed by atoms with Gasteiger partial charge in [0.25, 0.3) is 11.6 Å². The summed E-state index contributed by atoms with van der Waals surface area (Å²) in [5, 5.41) is 18.9. The van der Waals surface area contributed by atoms with Crippen LogP contribution in [-0.2, 0) is 13.2 Å². The number of ether oxygens (including phenoxy) is 1. The van der Waals surface area contributed by atoms with Crippen molar-refractivity contribution in [1.29, 1.82) is 0 Å². The first kappa shape index (κ1) is 23.6. The van der Waals surface area contributed by atoms with E-state index >= 15 is 0 Å². The van der Waals surface area contributed by atoms with Gasteiger partial charge in [-0.15, -0.1) is 0 Å². The molecule has 0 spiro atoms. The fraction of sp³-hybridized carbons (Fsp3) is 0.273. The highest BCUT2D eigenvalue weighted by Crippen LogP contribution is 2.29. The molecule has 1 aromatic heterocycles. The standard InChI is InChI=1S/C22H22Cl2N4O4/c1-14-21(24)15(2)27(26-14)11-3-10-25-22(29)17-6-4-16(5-7-17)13-32-20-9-8-18(28(30)31)12-19(20)23/h4-9,12H,3,10-11,13H2,1-2H3,(H,25,29). The predicted octanol–water partition coefficient (Wildman–Crippen LogP) is 5.11. The van der Waals surface area contributed by atoms with Crippen LogP contribution >= 0.6 is 23.2 Å². The van der Waals surface area contributed by atoms with Gasteiger partial charge in [-0.2, -0.15) is 5.10 Å². The molecule has 0 saturated carbocycles. The molecule has 1 N–H and O–H groups in total. The van der Waals surface area contributed by atoms with Gasteiger partial charge in [0.2, 0.25) is 0 Å². The Hall–Kier alpha value is -3.10. The number of nitrogens with one attached hydrogen (secondary N) is 1. The third kappa shape index (κ3) is 5.77. The van der Waals surface area contributed by atoms with Gasteiger partial charge in [0.05, 0.1) is 26.4 Å². The molecule has 3 aromatic rings. The van der Waals surface area contributed by atoms with Crippen molar-refractivity contribution in [3.05, 3.63) is 85.1 Å². The summed E-state index contributed by atoms with van der Waals surface area (Å²) < 4.78 is 7.47. The summed E-state index contributed by atoms with van der Waals surface area (Å²) in [4.78, 5) is 22.6. The average molecular weight is 477 g/mol. The molecule has 0 radical (unpaired) electrons. The quantitative estimate of drug-likeness (QED) is 0.262. The third-order valence-electron chi connectivity index (χ3n) is 4.86. The molecule has 0 aliphatic heterocycles. The van der Waals surface area contributed by atoms with E-state index in [2.05, 4.69) is 10.4 Å². The van der Waals surface area contributed by atoms with E-state index in [1.165, 1.54) is 18.2 Å². The van der Waals surface area contributed by atoms with Crippen molar-refractivity contribution in [3.8, 4) is 5.75 Å². The predicted molar refractivity (Wildman–Crippen MR) is 123 cm³/mol. The topological polar surface area (TPSA) is 99.3 Å². The average Bonchev–Trinajstić information content (AvgIpc) is 3.02. The fourth-order valence-corrected chi connectivity index (χ4v) is 3.42. The van der Waals surface area contributed by atoms with Crippen LogP contribution in [0.4, 0.5) is 5.69 Å². The largest absolute Gasteiger partial charge is 0.487 e. The molecule has 1 heterocycles. The summed E-state index contributed by atoms with van der Waals surface area (Å²) in [5.74, 6) is 0.185. The zero-order valence-electron chi connectivity index (χ0n) is 17.6. The van der Waals surface area contributed by atoms with E-state index in [-0.39, 0.29) is 23.2 Å². The molecule has 168 valence electrons. The Morgan fingerprint density at radius 2 is 1.91 bits per heavy atom. The van der Waals surface area contributed by atoms with Crippen molar-refractivity contribution in [3.63, 3.8) is 0 Å². The number of halogens is 2. The van der Waals surface area contributed by atoms with Gasteiger partial charge in [-0.1, -0.05) is 35.3 Å². The number of benzene rings is 2. The highest BCUT2D eigenvalue weighted by Gasteiger charge is 2.11. The number of nitro benzene ring substituents is 1. The van der Waals surface area contributed by atoms with Crippen molar-refractivity contribution in [1.82, 2.24) is 15.1 Å². The molecule has 0 fully saturated rings. The molecule has 3 rings (SSSR count). The summed E-state index contributed by atoms with van der Waals surface area (Å²) in [6.45, 7) is 5.18. The SMILES string of the molecule is Cc1nn(CCCNC(=O)c2ccc(COc3ccc([N+](=O)[O-])cc3Cl)cc2)c(C)c1Cl. The maximum atomic E-state index is 12.3. The van der Waals surface area contributed by atoms with Crippen LogP contribution in [0.25, 0.3) is 0 Å². The van der Waals surface area contributed by atoms with Crippen molar-refractivity contribution < 1.29 is 14.5 Å². The normalized spacial score (nSPS) is 10.8. The minimum Gasteiger partial charge on any atom is -0.487 e. The Bertz CT molecular complexity index is 1130. The third-order valence-corrected chi connectivity index (χ3v) is 5.70. The molecule has 0 atom stereocenters. The molecule has 0 unspecified atom stereocenters.